The van der Waals surface area contributed by atoms with Crippen molar-refractivity contribution >= 4 is 54.9 Å². The third-order valence-electron chi connectivity index (χ3n) is 13.6. The van der Waals surface area contributed by atoms with E-state index in [1.807, 2.05) is 0 Å². The van der Waals surface area contributed by atoms with Gasteiger partial charge in [-0.1, -0.05) is 199 Å². The Morgan fingerprint density at radius 1 is 0.456 bits per heavy atom. The van der Waals surface area contributed by atoms with Gasteiger partial charge in [-0.15, -0.1) is 0 Å². The van der Waals surface area contributed by atoms with Gasteiger partial charge in [0.05, 0.1) is 11.1 Å². The lowest BCUT2D eigenvalue weighted by molar-refractivity contribution is 0.0578. The molecule has 0 aromatic heterocycles. The van der Waals surface area contributed by atoms with Crippen molar-refractivity contribution in [2.45, 2.75) is 195 Å². The summed E-state index contributed by atoms with van der Waals surface area (Å²) in [5.41, 5.74) is 3.98. The van der Waals surface area contributed by atoms with E-state index in [2.05, 4.69) is 76.2 Å². The van der Waals surface area contributed by atoms with Crippen molar-refractivity contribution in [3.63, 3.8) is 0 Å². The zero-order valence-electron chi connectivity index (χ0n) is 36.6. The van der Waals surface area contributed by atoms with Gasteiger partial charge < -0.3 is 0 Å². The highest BCUT2D eigenvalue weighted by Gasteiger charge is 2.38. The third kappa shape index (κ3) is 10.2. The minimum absolute atomic E-state index is 0.0461. The lowest BCUT2D eigenvalue weighted by Crippen LogP contribution is -2.44. The van der Waals surface area contributed by atoms with Gasteiger partial charge in [-0.05, 0) is 99.0 Å². The van der Waals surface area contributed by atoms with Gasteiger partial charge in [0.15, 0.2) is 0 Å². The van der Waals surface area contributed by atoms with Crippen LogP contribution < -0.4 is 0 Å². The normalized spacial score (nSPS) is 13.7. The van der Waals surface area contributed by atoms with Gasteiger partial charge in [0.1, 0.15) is 0 Å². The molecule has 6 rings (SSSR count). The van der Waals surface area contributed by atoms with Crippen molar-refractivity contribution in [2.24, 2.45) is 5.92 Å². The lowest BCUT2D eigenvalue weighted by atomic mass is 9.79. The van der Waals surface area contributed by atoms with Crippen molar-refractivity contribution in [3.8, 4) is 0 Å². The molecule has 5 aromatic carbocycles. The molecular formula is C54H75NO2. The highest BCUT2D eigenvalue weighted by atomic mass is 16.2. The summed E-state index contributed by atoms with van der Waals surface area (Å²) in [6.45, 7) is 9.56. The van der Waals surface area contributed by atoms with E-state index in [0.29, 0.717) is 12.5 Å². The lowest BCUT2D eigenvalue weighted by Gasteiger charge is -2.33. The van der Waals surface area contributed by atoms with Gasteiger partial charge in [-0.2, -0.15) is 0 Å². The summed E-state index contributed by atoms with van der Waals surface area (Å²) in [6.07, 6.45) is 31.9. The Morgan fingerprint density at radius 3 is 1.30 bits per heavy atom. The topological polar surface area (TPSA) is 37.4 Å². The minimum Gasteiger partial charge on any atom is -0.274 e. The summed E-state index contributed by atoms with van der Waals surface area (Å²) in [6, 6.07) is 18.1. The molecule has 0 radical (unpaired) electrons. The highest BCUT2D eigenvalue weighted by molar-refractivity contribution is 6.39. The molecule has 308 valence electrons. The largest absolute Gasteiger partial charge is 0.274 e. The van der Waals surface area contributed by atoms with Gasteiger partial charge >= 0.3 is 0 Å². The molecule has 1 atom stereocenters. The van der Waals surface area contributed by atoms with Crippen molar-refractivity contribution in [3.05, 3.63) is 70.8 Å². The first-order chi connectivity index (χ1) is 28.0. The highest BCUT2D eigenvalue weighted by Crippen LogP contribution is 2.47. The number of hydrogen-bond acceptors (Lipinski definition) is 2. The molecule has 0 aliphatic carbocycles. The average molecular weight is 770 g/mol. The number of benzene rings is 5. The number of nitrogens with zero attached hydrogens (tertiary/aromatic N) is 1. The van der Waals surface area contributed by atoms with Crippen LogP contribution in [-0.2, 0) is 12.8 Å². The molecule has 5 aromatic rings. The van der Waals surface area contributed by atoms with E-state index < -0.39 is 0 Å². The molecule has 0 N–H and O–H groups in total. The maximum atomic E-state index is 15.1. The average Bonchev–Trinajstić information content (AvgIpc) is 3.23. The minimum atomic E-state index is -0.0461. The van der Waals surface area contributed by atoms with Crippen LogP contribution in [0.2, 0.25) is 0 Å². The van der Waals surface area contributed by atoms with Gasteiger partial charge in [-0.3, -0.25) is 14.5 Å². The molecule has 1 unspecified atom stereocenters. The fourth-order valence-electron chi connectivity index (χ4n) is 10.2. The molecular weight excluding hydrogens is 695 g/mol. The third-order valence-corrected chi connectivity index (χ3v) is 13.6. The summed E-state index contributed by atoms with van der Waals surface area (Å²) in [7, 11) is 0. The van der Waals surface area contributed by atoms with Crippen LogP contribution in [0, 0.1) is 5.92 Å². The fraction of sp³-hybridized carbons (Fsp3) is 0.593. The van der Waals surface area contributed by atoms with E-state index in [9.17, 15) is 0 Å². The number of rotatable bonds is 28. The summed E-state index contributed by atoms with van der Waals surface area (Å²) >= 11 is 0. The Morgan fingerprint density at radius 2 is 0.877 bits per heavy atom. The molecule has 0 bridgehead atoms. The summed E-state index contributed by atoms with van der Waals surface area (Å²) in [5, 5.41) is 9.57. The molecule has 3 heteroatoms. The number of unbranched alkanes of at least 4 members (excludes halogenated alkanes) is 19. The number of carbonyl (C=O) groups excluding carboxylic acids is 2. The Balaban J connectivity index is 1.38. The Hall–Kier alpha value is -3.46. The Labute approximate surface area is 346 Å². The van der Waals surface area contributed by atoms with Crippen LogP contribution >= 0.6 is 0 Å². The van der Waals surface area contributed by atoms with E-state index in [1.165, 1.54) is 148 Å². The van der Waals surface area contributed by atoms with E-state index in [-0.39, 0.29) is 11.8 Å². The molecule has 0 fully saturated rings. The van der Waals surface area contributed by atoms with Gasteiger partial charge in [-0.25, -0.2) is 0 Å². The van der Waals surface area contributed by atoms with Crippen LogP contribution in [0.4, 0.5) is 0 Å². The van der Waals surface area contributed by atoms with Gasteiger partial charge in [0.2, 0.25) is 0 Å². The molecule has 3 nitrogen and oxygen atoms in total. The monoisotopic (exact) mass is 770 g/mol. The second kappa shape index (κ2) is 22.1. The number of imide groups is 1. The first kappa shape index (κ1) is 43.1. The molecule has 2 amide bonds. The van der Waals surface area contributed by atoms with Crippen LogP contribution in [0.15, 0.2) is 48.5 Å². The smallest absolute Gasteiger partial charge is 0.261 e. The van der Waals surface area contributed by atoms with Crippen molar-refractivity contribution < 1.29 is 9.59 Å². The second-order valence-electron chi connectivity index (χ2n) is 17.9. The molecule has 0 saturated heterocycles. The maximum absolute atomic E-state index is 15.1. The predicted molar refractivity (Wildman–Crippen MR) is 247 cm³/mol. The first-order valence-corrected chi connectivity index (χ1v) is 24.1. The quantitative estimate of drug-likeness (QED) is 0.0220. The van der Waals surface area contributed by atoms with E-state index in [4.69, 9.17) is 0 Å². The van der Waals surface area contributed by atoms with Crippen molar-refractivity contribution in [1.29, 1.82) is 0 Å². The number of aryl methyl sites for hydroxylation is 2. The van der Waals surface area contributed by atoms with Crippen LogP contribution in [0.3, 0.4) is 0 Å². The zero-order valence-corrected chi connectivity index (χ0v) is 36.6. The van der Waals surface area contributed by atoms with Crippen LogP contribution in [0.1, 0.15) is 214 Å². The maximum Gasteiger partial charge on any atom is 0.261 e. The van der Waals surface area contributed by atoms with Crippen LogP contribution in [0.25, 0.3) is 43.1 Å². The van der Waals surface area contributed by atoms with Gasteiger partial charge in [0.25, 0.3) is 11.8 Å². The van der Waals surface area contributed by atoms with Crippen LogP contribution in [-0.4, -0.2) is 23.3 Å². The zero-order chi connectivity index (χ0) is 40.0. The molecule has 1 aliphatic heterocycles. The van der Waals surface area contributed by atoms with E-state index in [1.54, 1.807) is 4.90 Å². The molecule has 1 heterocycles. The Bertz CT molecular complexity index is 1910. The molecule has 0 spiro atoms. The molecule has 1 aliphatic rings. The summed E-state index contributed by atoms with van der Waals surface area (Å²) in [4.78, 5) is 31.8. The first-order valence-electron chi connectivity index (χ1n) is 24.1. The summed E-state index contributed by atoms with van der Waals surface area (Å²) < 4.78 is 0. The number of amides is 2. The predicted octanol–water partition coefficient (Wildman–Crippen LogP) is 16.5. The van der Waals surface area contributed by atoms with Crippen molar-refractivity contribution in [1.82, 2.24) is 4.90 Å². The number of hydrogen-bond donors (Lipinski definition) is 0. The second-order valence-corrected chi connectivity index (χ2v) is 17.9. The Kier molecular flexibility index (Phi) is 16.7. The SMILES string of the molecule is CCCCCCCCCCCCc1cc2c3cccc4cccc(c5cc(CCCCCCCCCCCC)c6c(c1C(=O)N(CC(CC)CCCC)C6=O)c25)c43. The number of fused-ring (bicyclic) bond motifs is 2. The van der Waals surface area contributed by atoms with Gasteiger partial charge in [0, 0.05) is 11.9 Å². The van der Waals surface area contributed by atoms with E-state index >= 15 is 9.59 Å². The number of carbonyl (C=O) groups is 2. The van der Waals surface area contributed by atoms with E-state index in [0.717, 1.165) is 84.4 Å². The van der Waals surface area contributed by atoms with Crippen LogP contribution in [0.5, 0.6) is 0 Å². The summed E-state index contributed by atoms with van der Waals surface area (Å²) in [5.74, 6) is 0.234. The molecule has 0 saturated carbocycles. The molecule has 57 heavy (non-hydrogen) atoms. The fourth-order valence-corrected chi connectivity index (χ4v) is 10.2. The standard InChI is InChI=1S/C54H75NO2/c1-5-9-12-14-16-18-20-22-24-26-31-42-37-46-44-35-28-33-41-34-29-36-45(48(41)44)47-38-43(32-27-25-23-21-19-17-15-13-10-6-2)50-52(51(46)47)49(42)53(56)55(54(50)57)39-40(8-4)30-11-7-3/h28-29,33-38,40H,5-27,30-32,39H2,1-4H3. The van der Waals surface area contributed by atoms with Crippen molar-refractivity contribution in [2.75, 3.05) is 6.54 Å².